The normalized spacial score (nSPS) is 10.7. The lowest BCUT2D eigenvalue weighted by Crippen LogP contribution is -2.40. The second-order valence-electron chi connectivity index (χ2n) is 4.80. The first-order chi connectivity index (χ1) is 11.7. The fourth-order valence-electron chi connectivity index (χ4n) is 1.83. The standard InChI is InChI=1S/C19H17NO4/c1-23-18(21)17(13-12-15-8-4-2-5-9-15)20-19(22)24-14-16-10-6-3-7-11-16/h2-11,17H,14H2,1H3,(H,20,22). The number of carbonyl (C=O) groups excluding carboxylic acids is 2. The SMILES string of the molecule is COC(=O)C(C#Cc1ccccc1)NC(=O)OCc1ccccc1. The maximum atomic E-state index is 11.8. The molecule has 0 spiro atoms. The number of carbonyl (C=O) groups is 2. The minimum Gasteiger partial charge on any atom is -0.467 e. The van der Waals surface area contributed by atoms with Crippen LogP contribution in [-0.2, 0) is 20.9 Å². The molecular weight excluding hydrogens is 306 g/mol. The number of benzene rings is 2. The van der Waals surface area contributed by atoms with E-state index in [0.717, 1.165) is 11.1 Å². The Kier molecular flexibility index (Phi) is 6.42. The van der Waals surface area contributed by atoms with Crippen molar-refractivity contribution in [2.45, 2.75) is 12.6 Å². The van der Waals surface area contributed by atoms with Crippen molar-refractivity contribution < 1.29 is 19.1 Å². The van der Waals surface area contributed by atoms with E-state index in [9.17, 15) is 9.59 Å². The van der Waals surface area contributed by atoms with Crippen LogP contribution in [0, 0.1) is 11.8 Å². The summed E-state index contributed by atoms with van der Waals surface area (Å²) in [5.41, 5.74) is 1.57. The predicted molar refractivity (Wildman–Crippen MR) is 88.9 cm³/mol. The number of rotatable bonds is 4. The van der Waals surface area contributed by atoms with Gasteiger partial charge in [0.05, 0.1) is 7.11 Å². The highest BCUT2D eigenvalue weighted by Gasteiger charge is 2.19. The zero-order chi connectivity index (χ0) is 17.2. The largest absolute Gasteiger partial charge is 0.467 e. The fraction of sp³-hybridized carbons (Fsp3) is 0.158. The highest BCUT2D eigenvalue weighted by Crippen LogP contribution is 2.01. The van der Waals surface area contributed by atoms with E-state index in [1.807, 2.05) is 48.5 Å². The summed E-state index contributed by atoms with van der Waals surface area (Å²) in [6, 6.07) is 17.3. The molecule has 2 aromatic carbocycles. The summed E-state index contributed by atoms with van der Waals surface area (Å²) in [7, 11) is 1.23. The zero-order valence-corrected chi connectivity index (χ0v) is 13.2. The molecule has 0 fully saturated rings. The van der Waals surface area contributed by atoms with Crippen LogP contribution in [0.1, 0.15) is 11.1 Å². The Morgan fingerprint density at radius 1 is 1.04 bits per heavy atom. The lowest BCUT2D eigenvalue weighted by Gasteiger charge is -2.11. The van der Waals surface area contributed by atoms with Gasteiger partial charge in [0.2, 0.25) is 0 Å². The van der Waals surface area contributed by atoms with Crippen LogP contribution >= 0.6 is 0 Å². The van der Waals surface area contributed by atoms with E-state index in [2.05, 4.69) is 21.9 Å². The lowest BCUT2D eigenvalue weighted by molar-refractivity contribution is -0.141. The minimum absolute atomic E-state index is 0.104. The third-order valence-electron chi connectivity index (χ3n) is 3.05. The molecule has 122 valence electrons. The van der Waals surface area contributed by atoms with Crippen molar-refractivity contribution >= 4 is 12.1 Å². The Bertz CT molecular complexity index is 732. The van der Waals surface area contributed by atoms with Crippen molar-refractivity contribution in [1.82, 2.24) is 5.32 Å². The van der Waals surface area contributed by atoms with Crippen LogP contribution in [0.3, 0.4) is 0 Å². The maximum absolute atomic E-state index is 11.8. The van der Waals surface area contributed by atoms with Crippen molar-refractivity contribution in [3.05, 3.63) is 71.8 Å². The Hall–Kier alpha value is -3.26. The molecule has 24 heavy (non-hydrogen) atoms. The van der Waals surface area contributed by atoms with Crippen LogP contribution in [0.2, 0.25) is 0 Å². The molecule has 1 unspecified atom stereocenters. The Morgan fingerprint density at radius 2 is 1.67 bits per heavy atom. The van der Waals surface area contributed by atoms with Crippen molar-refractivity contribution in [2.75, 3.05) is 7.11 Å². The molecule has 0 radical (unpaired) electrons. The van der Waals surface area contributed by atoms with Gasteiger partial charge in [-0.15, -0.1) is 0 Å². The fourth-order valence-corrected chi connectivity index (χ4v) is 1.83. The third-order valence-corrected chi connectivity index (χ3v) is 3.05. The van der Waals surface area contributed by atoms with Gasteiger partial charge in [0, 0.05) is 5.56 Å². The van der Waals surface area contributed by atoms with E-state index in [4.69, 9.17) is 4.74 Å². The molecule has 1 amide bonds. The second-order valence-corrected chi connectivity index (χ2v) is 4.80. The molecule has 2 rings (SSSR count). The van der Waals surface area contributed by atoms with Gasteiger partial charge in [0.25, 0.3) is 0 Å². The first kappa shape index (κ1) is 17.1. The summed E-state index contributed by atoms with van der Waals surface area (Å²) in [6.07, 6.45) is -0.739. The van der Waals surface area contributed by atoms with Gasteiger partial charge in [-0.1, -0.05) is 60.4 Å². The summed E-state index contributed by atoms with van der Waals surface area (Å²) in [5, 5.41) is 2.40. The number of hydrogen-bond acceptors (Lipinski definition) is 4. The summed E-state index contributed by atoms with van der Waals surface area (Å²) in [5.74, 6) is 4.84. The van der Waals surface area contributed by atoms with Crippen molar-refractivity contribution in [3.63, 3.8) is 0 Å². The predicted octanol–water partition coefficient (Wildman–Crippen LogP) is 2.51. The minimum atomic E-state index is -1.10. The first-order valence-electron chi connectivity index (χ1n) is 7.30. The van der Waals surface area contributed by atoms with Gasteiger partial charge in [-0.05, 0) is 17.7 Å². The van der Waals surface area contributed by atoms with E-state index in [1.54, 1.807) is 12.1 Å². The van der Waals surface area contributed by atoms with Gasteiger partial charge in [-0.25, -0.2) is 9.59 Å². The molecule has 0 aliphatic carbocycles. The van der Waals surface area contributed by atoms with Gasteiger partial charge >= 0.3 is 12.1 Å². The number of ether oxygens (including phenoxy) is 2. The second kappa shape index (κ2) is 9.01. The number of esters is 1. The molecule has 5 heteroatoms. The topological polar surface area (TPSA) is 64.6 Å². The molecular formula is C19H17NO4. The van der Waals surface area contributed by atoms with Crippen LogP contribution in [0.4, 0.5) is 4.79 Å². The summed E-state index contributed by atoms with van der Waals surface area (Å²) in [4.78, 5) is 23.6. The molecule has 1 N–H and O–H groups in total. The number of nitrogens with one attached hydrogen (secondary N) is 1. The molecule has 2 aromatic rings. The van der Waals surface area contributed by atoms with Gasteiger partial charge in [0.1, 0.15) is 6.61 Å². The molecule has 0 bridgehead atoms. The first-order valence-corrected chi connectivity index (χ1v) is 7.30. The van der Waals surface area contributed by atoms with Crippen LogP contribution in [0.5, 0.6) is 0 Å². The van der Waals surface area contributed by atoms with E-state index in [0.29, 0.717) is 0 Å². The Morgan fingerprint density at radius 3 is 2.29 bits per heavy atom. The van der Waals surface area contributed by atoms with Gasteiger partial charge in [-0.3, -0.25) is 5.32 Å². The number of amides is 1. The Labute approximate surface area is 140 Å². The lowest BCUT2D eigenvalue weighted by atomic mass is 10.2. The molecule has 0 saturated carbocycles. The third kappa shape index (κ3) is 5.50. The molecule has 0 aliphatic rings. The van der Waals surface area contributed by atoms with Crippen LogP contribution in [0.25, 0.3) is 0 Å². The summed E-state index contributed by atoms with van der Waals surface area (Å²) in [6.45, 7) is 0.104. The molecule has 0 aromatic heterocycles. The highest BCUT2D eigenvalue weighted by atomic mass is 16.6. The van der Waals surface area contributed by atoms with Gasteiger partial charge < -0.3 is 9.47 Å². The maximum Gasteiger partial charge on any atom is 0.408 e. The van der Waals surface area contributed by atoms with Crippen LogP contribution in [0.15, 0.2) is 60.7 Å². The molecule has 0 heterocycles. The van der Waals surface area contributed by atoms with Crippen LogP contribution < -0.4 is 5.32 Å². The van der Waals surface area contributed by atoms with E-state index >= 15 is 0 Å². The van der Waals surface area contributed by atoms with Gasteiger partial charge in [-0.2, -0.15) is 0 Å². The van der Waals surface area contributed by atoms with Crippen molar-refractivity contribution in [2.24, 2.45) is 0 Å². The van der Waals surface area contributed by atoms with E-state index in [-0.39, 0.29) is 6.61 Å². The van der Waals surface area contributed by atoms with Crippen molar-refractivity contribution in [3.8, 4) is 11.8 Å². The zero-order valence-electron chi connectivity index (χ0n) is 13.2. The highest BCUT2D eigenvalue weighted by molar-refractivity contribution is 5.84. The summed E-state index contributed by atoms with van der Waals surface area (Å²) >= 11 is 0. The number of alkyl carbamates (subject to hydrolysis) is 1. The molecule has 1 atom stereocenters. The Balaban J connectivity index is 1.97. The molecule has 0 saturated heterocycles. The molecule has 5 nitrogen and oxygen atoms in total. The smallest absolute Gasteiger partial charge is 0.408 e. The average molecular weight is 323 g/mol. The van der Waals surface area contributed by atoms with Gasteiger partial charge in [0.15, 0.2) is 6.04 Å². The van der Waals surface area contributed by atoms with E-state index < -0.39 is 18.1 Å². The van der Waals surface area contributed by atoms with E-state index in [1.165, 1.54) is 7.11 Å². The quantitative estimate of drug-likeness (QED) is 0.693. The molecule has 0 aliphatic heterocycles. The number of hydrogen-bond donors (Lipinski definition) is 1. The van der Waals surface area contributed by atoms with Crippen molar-refractivity contribution in [1.29, 1.82) is 0 Å². The average Bonchev–Trinajstić information content (AvgIpc) is 2.64. The summed E-state index contributed by atoms with van der Waals surface area (Å²) < 4.78 is 9.73. The number of methoxy groups -OCH3 is 1. The van der Waals surface area contributed by atoms with Crippen LogP contribution in [-0.4, -0.2) is 25.2 Å². The monoisotopic (exact) mass is 323 g/mol.